The lowest BCUT2D eigenvalue weighted by atomic mass is 9.99. The minimum absolute atomic E-state index is 0.612. The van der Waals surface area contributed by atoms with Gasteiger partial charge in [0, 0.05) is 19.1 Å². The van der Waals surface area contributed by atoms with Gasteiger partial charge < -0.3 is 14.8 Å². The van der Waals surface area contributed by atoms with Crippen LogP contribution in [0.3, 0.4) is 0 Å². The van der Waals surface area contributed by atoms with E-state index in [1.165, 1.54) is 24.9 Å². The van der Waals surface area contributed by atoms with E-state index in [0.29, 0.717) is 12.1 Å². The Hall–Kier alpha value is -1.39. The molecule has 2 atom stereocenters. The van der Waals surface area contributed by atoms with Crippen LogP contribution in [-0.4, -0.2) is 40.1 Å². The Balaban J connectivity index is 1.67. The van der Waals surface area contributed by atoms with Gasteiger partial charge in [-0.3, -0.25) is 0 Å². The Labute approximate surface area is 120 Å². The molecule has 1 aromatic carbocycles. The van der Waals surface area contributed by atoms with Crippen molar-refractivity contribution in [2.24, 2.45) is 7.05 Å². The van der Waals surface area contributed by atoms with Gasteiger partial charge in [0.15, 0.2) is 0 Å². The third kappa shape index (κ3) is 2.58. The molecule has 0 amide bonds. The third-order valence-corrected chi connectivity index (χ3v) is 4.64. The van der Waals surface area contributed by atoms with Gasteiger partial charge in [-0.25, -0.2) is 4.98 Å². The highest BCUT2D eigenvalue weighted by atomic mass is 15.2. The molecule has 4 heteroatoms. The molecule has 2 aromatic rings. The van der Waals surface area contributed by atoms with Gasteiger partial charge in [0.2, 0.25) is 0 Å². The number of nitrogens with one attached hydrogen (secondary N) is 1. The Bertz CT molecular complexity index is 589. The molecule has 1 aromatic heterocycles. The molecule has 1 N–H and O–H groups in total. The first-order valence-electron chi connectivity index (χ1n) is 7.49. The normalized spacial score (nSPS) is 24.4. The minimum Gasteiger partial charge on any atom is -0.330 e. The van der Waals surface area contributed by atoms with E-state index in [1.807, 2.05) is 6.07 Å². The van der Waals surface area contributed by atoms with E-state index in [9.17, 15) is 0 Å². The predicted molar refractivity (Wildman–Crippen MR) is 82.7 cm³/mol. The highest BCUT2D eigenvalue weighted by Gasteiger charge is 2.22. The predicted octanol–water partition coefficient (Wildman–Crippen LogP) is 2.15. The minimum atomic E-state index is 0.612. The van der Waals surface area contributed by atoms with E-state index < -0.39 is 0 Å². The number of fused-ring (bicyclic) bond motifs is 1. The van der Waals surface area contributed by atoms with Crippen LogP contribution in [-0.2, 0) is 13.6 Å². The number of piperidine rings is 1. The number of rotatable bonds is 3. The zero-order chi connectivity index (χ0) is 14.1. The van der Waals surface area contributed by atoms with Crippen molar-refractivity contribution in [3.05, 3.63) is 30.1 Å². The molecule has 1 aliphatic rings. The monoisotopic (exact) mass is 272 g/mol. The molecular weight excluding hydrogens is 248 g/mol. The highest BCUT2D eigenvalue weighted by Crippen LogP contribution is 2.17. The number of para-hydroxylation sites is 2. The van der Waals surface area contributed by atoms with Crippen molar-refractivity contribution >= 4 is 11.0 Å². The summed E-state index contributed by atoms with van der Waals surface area (Å²) in [7, 11) is 4.32. The van der Waals surface area contributed by atoms with Gasteiger partial charge in [-0.15, -0.1) is 0 Å². The maximum atomic E-state index is 4.72. The summed E-state index contributed by atoms with van der Waals surface area (Å²) in [5.41, 5.74) is 2.30. The smallest absolute Gasteiger partial charge is 0.123 e. The van der Waals surface area contributed by atoms with E-state index in [1.54, 1.807) is 0 Å². The summed E-state index contributed by atoms with van der Waals surface area (Å²) < 4.78 is 2.20. The molecule has 1 fully saturated rings. The molecule has 20 heavy (non-hydrogen) atoms. The van der Waals surface area contributed by atoms with E-state index in [4.69, 9.17) is 4.98 Å². The van der Waals surface area contributed by atoms with Crippen LogP contribution in [0.25, 0.3) is 11.0 Å². The topological polar surface area (TPSA) is 33.1 Å². The SMILES string of the molecule is CC1CC(NCc2nc3ccccc3n2C)CCN1C. The lowest BCUT2D eigenvalue weighted by Crippen LogP contribution is -2.45. The molecule has 0 aliphatic carbocycles. The quantitative estimate of drug-likeness (QED) is 0.929. The van der Waals surface area contributed by atoms with E-state index >= 15 is 0 Å². The molecular formula is C16H24N4. The van der Waals surface area contributed by atoms with Gasteiger partial charge in [-0.05, 0) is 45.5 Å². The molecule has 1 aliphatic heterocycles. The van der Waals surface area contributed by atoms with Crippen molar-refractivity contribution in [3.8, 4) is 0 Å². The first-order valence-corrected chi connectivity index (χ1v) is 7.49. The largest absolute Gasteiger partial charge is 0.330 e. The Kier molecular flexibility index (Phi) is 3.76. The number of nitrogens with zero attached hydrogens (tertiary/aromatic N) is 3. The van der Waals surface area contributed by atoms with Gasteiger partial charge in [-0.2, -0.15) is 0 Å². The third-order valence-electron chi connectivity index (χ3n) is 4.64. The van der Waals surface area contributed by atoms with Crippen molar-refractivity contribution in [1.29, 1.82) is 0 Å². The van der Waals surface area contributed by atoms with Crippen LogP contribution in [0, 0.1) is 0 Å². The van der Waals surface area contributed by atoms with Crippen molar-refractivity contribution in [1.82, 2.24) is 19.8 Å². The molecule has 108 valence electrons. The van der Waals surface area contributed by atoms with E-state index in [2.05, 4.69) is 54.0 Å². The maximum Gasteiger partial charge on any atom is 0.123 e. The van der Waals surface area contributed by atoms with Crippen molar-refractivity contribution in [2.45, 2.75) is 38.4 Å². The fraction of sp³-hybridized carbons (Fsp3) is 0.562. The van der Waals surface area contributed by atoms with Crippen LogP contribution in [0.5, 0.6) is 0 Å². The molecule has 0 spiro atoms. The van der Waals surface area contributed by atoms with E-state index in [0.717, 1.165) is 17.9 Å². The lowest BCUT2D eigenvalue weighted by Gasteiger charge is -2.35. The van der Waals surface area contributed by atoms with Crippen LogP contribution in [0.15, 0.2) is 24.3 Å². The summed E-state index contributed by atoms with van der Waals surface area (Å²) in [4.78, 5) is 7.16. The second kappa shape index (κ2) is 5.54. The summed E-state index contributed by atoms with van der Waals surface area (Å²) in [6, 6.07) is 9.60. The first-order chi connectivity index (χ1) is 9.65. The van der Waals surface area contributed by atoms with Crippen molar-refractivity contribution in [2.75, 3.05) is 13.6 Å². The number of hydrogen-bond donors (Lipinski definition) is 1. The van der Waals surface area contributed by atoms with Gasteiger partial charge >= 0.3 is 0 Å². The zero-order valence-electron chi connectivity index (χ0n) is 12.6. The molecule has 0 bridgehead atoms. The van der Waals surface area contributed by atoms with Crippen LogP contribution >= 0.6 is 0 Å². The fourth-order valence-electron chi connectivity index (χ4n) is 3.06. The van der Waals surface area contributed by atoms with Crippen LogP contribution in [0.2, 0.25) is 0 Å². The van der Waals surface area contributed by atoms with Gasteiger partial charge in [0.1, 0.15) is 5.82 Å². The van der Waals surface area contributed by atoms with Crippen LogP contribution < -0.4 is 5.32 Å². The number of hydrogen-bond acceptors (Lipinski definition) is 3. The summed E-state index contributed by atoms with van der Waals surface area (Å²) >= 11 is 0. The molecule has 2 unspecified atom stereocenters. The van der Waals surface area contributed by atoms with Gasteiger partial charge in [0.25, 0.3) is 0 Å². The Morgan fingerprint density at radius 1 is 1.30 bits per heavy atom. The summed E-state index contributed by atoms with van der Waals surface area (Å²) in [5, 5.41) is 3.68. The number of benzene rings is 1. The Morgan fingerprint density at radius 2 is 2.10 bits per heavy atom. The summed E-state index contributed by atoms with van der Waals surface area (Å²) in [6.07, 6.45) is 2.45. The summed E-state index contributed by atoms with van der Waals surface area (Å²) in [5.74, 6) is 1.12. The van der Waals surface area contributed by atoms with Crippen molar-refractivity contribution in [3.63, 3.8) is 0 Å². The molecule has 0 radical (unpaired) electrons. The van der Waals surface area contributed by atoms with Crippen LogP contribution in [0.4, 0.5) is 0 Å². The first kappa shape index (κ1) is 13.6. The molecule has 1 saturated heterocycles. The number of aromatic nitrogens is 2. The average Bonchev–Trinajstić information content (AvgIpc) is 2.77. The fourth-order valence-corrected chi connectivity index (χ4v) is 3.06. The lowest BCUT2D eigenvalue weighted by molar-refractivity contribution is 0.167. The highest BCUT2D eigenvalue weighted by molar-refractivity contribution is 5.75. The number of imidazole rings is 1. The molecule has 4 nitrogen and oxygen atoms in total. The van der Waals surface area contributed by atoms with E-state index in [-0.39, 0.29) is 0 Å². The standard InChI is InChI=1S/C16H24N4/c1-12-10-13(8-9-19(12)2)17-11-16-18-14-6-4-5-7-15(14)20(16)3/h4-7,12-13,17H,8-11H2,1-3H3. The number of aryl methyl sites for hydroxylation is 1. The second-order valence-electron chi connectivity index (χ2n) is 6.01. The summed E-state index contributed by atoms with van der Waals surface area (Å²) in [6.45, 7) is 4.34. The van der Waals surface area contributed by atoms with Gasteiger partial charge in [0.05, 0.1) is 17.6 Å². The van der Waals surface area contributed by atoms with Crippen molar-refractivity contribution < 1.29 is 0 Å². The van der Waals surface area contributed by atoms with Gasteiger partial charge in [-0.1, -0.05) is 12.1 Å². The Morgan fingerprint density at radius 3 is 2.85 bits per heavy atom. The molecule has 3 rings (SSSR count). The molecule has 2 heterocycles. The average molecular weight is 272 g/mol. The maximum absolute atomic E-state index is 4.72. The molecule has 0 saturated carbocycles. The second-order valence-corrected chi connectivity index (χ2v) is 6.01. The number of likely N-dealkylation sites (tertiary alicyclic amines) is 1. The zero-order valence-corrected chi connectivity index (χ0v) is 12.6. The van der Waals surface area contributed by atoms with Crippen LogP contribution in [0.1, 0.15) is 25.6 Å².